The van der Waals surface area contributed by atoms with Gasteiger partial charge in [0.1, 0.15) is 12.1 Å². The minimum absolute atomic E-state index is 0.0998. The molecule has 1 amide bonds. The summed E-state index contributed by atoms with van der Waals surface area (Å²) >= 11 is 0. The molecule has 1 N–H and O–H groups in total. The molecule has 0 aliphatic rings. The highest BCUT2D eigenvalue weighted by Crippen LogP contribution is 2.33. The quantitative estimate of drug-likeness (QED) is 0.286. The number of amides is 1. The Hall–Kier alpha value is -3.42. The van der Waals surface area contributed by atoms with Crippen LogP contribution >= 0.6 is 0 Å². The molecule has 0 bridgehead atoms. The number of carbonyl (C=O) groups excluding carboxylic acids is 3. The summed E-state index contributed by atoms with van der Waals surface area (Å²) in [4.78, 5) is 41.6. The molecular weight excluding hydrogens is 496 g/mol. The van der Waals surface area contributed by atoms with Crippen molar-refractivity contribution in [1.82, 2.24) is 10.3 Å². The number of carbonyl (C=O) groups is 3. The first-order valence-corrected chi connectivity index (χ1v) is 13.8. The number of nitrogens with zero attached hydrogens (tertiary/aromatic N) is 1. The summed E-state index contributed by atoms with van der Waals surface area (Å²) in [5.41, 5.74) is 1.18. The maximum absolute atomic E-state index is 13.0. The summed E-state index contributed by atoms with van der Waals surface area (Å²) < 4.78 is 16.3. The Morgan fingerprint density at radius 3 is 2.31 bits per heavy atom. The number of aryl methyl sites for hydroxylation is 1. The summed E-state index contributed by atoms with van der Waals surface area (Å²) in [7, 11) is 1.39. The van der Waals surface area contributed by atoms with Gasteiger partial charge < -0.3 is 19.5 Å². The zero-order valence-electron chi connectivity index (χ0n) is 24.4. The minimum Gasteiger partial charge on any atom is -0.493 e. The highest BCUT2D eigenvalue weighted by atomic mass is 16.6. The third-order valence-corrected chi connectivity index (χ3v) is 6.91. The molecule has 2 aromatic rings. The van der Waals surface area contributed by atoms with E-state index in [0.717, 1.165) is 32.1 Å². The molecular formula is C31H44N2O6. The minimum atomic E-state index is -0.934. The van der Waals surface area contributed by atoms with Gasteiger partial charge in [-0.05, 0) is 62.8 Å². The van der Waals surface area contributed by atoms with Crippen LogP contribution in [0.4, 0.5) is 0 Å². The molecule has 4 atom stereocenters. The molecule has 39 heavy (non-hydrogen) atoms. The van der Waals surface area contributed by atoms with Crippen LogP contribution in [0.15, 0.2) is 42.6 Å². The lowest BCUT2D eigenvalue weighted by Crippen LogP contribution is -2.42. The zero-order chi connectivity index (χ0) is 28.9. The number of hydrogen-bond donors (Lipinski definition) is 1. The molecule has 0 aliphatic heterocycles. The second-order valence-corrected chi connectivity index (χ2v) is 10.5. The van der Waals surface area contributed by atoms with Gasteiger partial charge in [-0.25, -0.2) is 9.78 Å². The van der Waals surface area contributed by atoms with Gasteiger partial charge in [0.25, 0.3) is 5.91 Å². The summed E-state index contributed by atoms with van der Waals surface area (Å²) in [6, 6.07) is 11.0. The van der Waals surface area contributed by atoms with E-state index in [4.69, 9.17) is 14.2 Å². The van der Waals surface area contributed by atoms with Crippen molar-refractivity contribution in [1.29, 1.82) is 0 Å². The second kappa shape index (κ2) is 15.9. The molecule has 0 aliphatic carbocycles. The summed E-state index contributed by atoms with van der Waals surface area (Å²) in [5.74, 6) is -0.670. The number of pyridine rings is 1. The monoisotopic (exact) mass is 540 g/mol. The van der Waals surface area contributed by atoms with Crippen molar-refractivity contribution in [3.05, 3.63) is 53.9 Å². The van der Waals surface area contributed by atoms with Gasteiger partial charge in [0.15, 0.2) is 11.4 Å². The number of aromatic nitrogens is 1. The Morgan fingerprint density at radius 2 is 1.72 bits per heavy atom. The Balaban J connectivity index is 2.06. The van der Waals surface area contributed by atoms with Crippen molar-refractivity contribution in [2.24, 2.45) is 17.8 Å². The number of methoxy groups -OCH3 is 1. The van der Waals surface area contributed by atoms with E-state index in [1.54, 1.807) is 6.92 Å². The fourth-order valence-electron chi connectivity index (χ4n) is 4.94. The molecule has 1 aromatic heterocycles. The SMILES string of the molecule is CC[C@H](CCCc1ccccc1)[C@@H](CC(C)C)[C@H](C)OC(=O)C(C)NC(=O)c1nccc(OC)c1OC(C)=O. The van der Waals surface area contributed by atoms with Crippen LogP contribution in [0.1, 0.15) is 83.3 Å². The van der Waals surface area contributed by atoms with Crippen LogP contribution in [-0.2, 0) is 20.7 Å². The van der Waals surface area contributed by atoms with E-state index in [-0.39, 0.29) is 29.2 Å². The smallest absolute Gasteiger partial charge is 0.328 e. The maximum Gasteiger partial charge on any atom is 0.328 e. The number of esters is 2. The van der Waals surface area contributed by atoms with Gasteiger partial charge in [0.2, 0.25) is 5.75 Å². The molecule has 2 rings (SSSR count). The number of nitrogens with one attached hydrogen (secondary N) is 1. The maximum atomic E-state index is 13.0. The standard InChI is InChI=1S/C31H44N2O6/c1-8-25(16-12-15-24-13-10-9-11-14-24)26(19-20(2)3)22(5)38-31(36)21(4)33-30(35)28-29(39-23(6)34)27(37-7)17-18-32-28/h9-11,13-14,17-18,20-22,25-26H,8,12,15-16,19H2,1-7H3,(H,33,35)/t21?,22-,25+,26-/m0/s1. The molecule has 0 saturated heterocycles. The van der Waals surface area contributed by atoms with Gasteiger partial charge in [-0.15, -0.1) is 0 Å². The van der Waals surface area contributed by atoms with E-state index in [1.807, 2.05) is 13.0 Å². The van der Waals surface area contributed by atoms with Crippen LogP contribution < -0.4 is 14.8 Å². The first-order valence-electron chi connectivity index (χ1n) is 13.8. The molecule has 0 fully saturated rings. The van der Waals surface area contributed by atoms with Crippen LogP contribution in [-0.4, -0.2) is 42.1 Å². The largest absolute Gasteiger partial charge is 0.493 e. The molecule has 1 heterocycles. The van der Waals surface area contributed by atoms with Crippen molar-refractivity contribution in [2.75, 3.05) is 7.11 Å². The van der Waals surface area contributed by atoms with Crippen LogP contribution in [0.3, 0.4) is 0 Å². The van der Waals surface area contributed by atoms with E-state index < -0.39 is 23.9 Å². The Morgan fingerprint density at radius 1 is 1.03 bits per heavy atom. The molecule has 8 heteroatoms. The lowest BCUT2D eigenvalue weighted by atomic mass is 9.78. The van der Waals surface area contributed by atoms with Gasteiger partial charge in [0, 0.05) is 19.2 Å². The predicted octanol–water partition coefficient (Wildman–Crippen LogP) is 5.78. The predicted molar refractivity (Wildman–Crippen MR) is 151 cm³/mol. The Labute approximate surface area is 232 Å². The molecule has 0 saturated carbocycles. The molecule has 8 nitrogen and oxygen atoms in total. The average Bonchev–Trinajstić information content (AvgIpc) is 2.90. The lowest BCUT2D eigenvalue weighted by molar-refractivity contribution is -0.154. The van der Waals surface area contributed by atoms with Crippen LogP contribution in [0.25, 0.3) is 0 Å². The van der Waals surface area contributed by atoms with Crippen LogP contribution in [0, 0.1) is 17.8 Å². The third-order valence-electron chi connectivity index (χ3n) is 6.91. The van der Waals surface area contributed by atoms with Gasteiger partial charge in [0.05, 0.1) is 7.11 Å². The number of rotatable bonds is 15. The first kappa shape index (κ1) is 31.8. The summed E-state index contributed by atoms with van der Waals surface area (Å²) in [6.45, 7) is 11.3. The Bertz CT molecular complexity index is 1070. The van der Waals surface area contributed by atoms with Crippen molar-refractivity contribution in [3.63, 3.8) is 0 Å². The molecule has 1 unspecified atom stereocenters. The second-order valence-electron chi connectivity index (χ2n) is 10.5. The van der Waals surface area contributed by atoms with Crippen molar-refractivity contribution >= 4 is 17.8 Å². The van der Waals surface area contributed by atoms with Crippen molar-refractivity contribution < 1.29 is 28.6 Å². The van der Waals surface area contributed by atoms with Crippen molar-refractivity contribution in [3.8, 4) is 11.5 Å². The fraction of sp³-hybridized carbons (Fsp3) is 0.548. The third kappa shape index (κ3) is 10.0. The zero-order valence-corrected chi connectivity index (χ0v) is 24.4. The number of benzene rings is 1. The van der Waals surface area contributed by atoms with Gasteiger partial charge in [-0.3, -0.25) is 9.59 Å². The lowest BCUT2D eigenvalue weighted by Gasteiger charge is -2.33. The van der Waals surface area contributed by atoms with E-state index in [1.165, 1.54) is 31.9 Å². The van der Waals surface area contributed by atoms with Crippen molar-refractivity contribution in [2.45, 2.75) is 85.8 Å². The highest BCUT2D eigenvalue weighted by molar-refractivity contribution is 5.98. The number of ether oxygens (including phenoxy) is 3. The molecule has 0 spiro atoms. The van der Waals surface area contributed by atoms with Crippen LogP contribution in [0.2, 0.25) is 0 Å². The van der Waals surface area contributed by atoms with E-state index in [2.05, 4.69) is 55.3 Å². The van der Waals surface area contributed by atoms with E-state index in [0.29, 0.717) is 11.8 Å². The molecule has 0 radical (unpaired) electrons. The summed E-state index contributed by atoms with van der Waals surface area (Å²) in [5, 5.41) is 2.62. The van der Waals surface area contributed by atoms with Gasteiger partial charge >= 0.3 is 11.9 Å². The van der Waals surface area contributed by atoms with E-state index in [9.17, 15) is 14.4 Å². The first-order chi connectivity index (χ1) is 18.6. The van der Waals surface area contributed by atoms with Gasteiger partial charge in [-0.2, -0.15) is 0 Å². The van der Waals surface area contributed by atoms with Gasteiger partial charge in [-0.1, -0.05) is 57.5 Å². The highest BCUT2D eigenvalue weighted by Gasteiger charge is 2.31. The Kier molecular flexibility index (Phi) is 12.9. The number of hydrogen-bond acceptors (Lipinski definition) is 7. The topological polar surface area (TPSA) is 104 Å². The fourth-order valence-corrected chi connectivity index (χ4v) is 4.94. The van der Waals surface area contributed by atoms with Crippen LogP contribution in [0.5, 0.6) is 11.5 Å². The average molecular weight is 541 g/mol. The normalized spacial score (nSPS) is 14.2. The molecule has 214 valence electrons. The summed E-state index contributed by atoms with van der Waals surface area (Å²) in [6.07, 6.45) is 6.15. The molecule has 1 aromatic carbocycles. The van der Waals surface area contributed by atoms with E-state index >= 15 is 0 Å².